The van der Waals surface area contributed by atoms with E-state index in [4.69, 9.17) is 0 Å². The number of halogens is 4. The second-order valence-corrected chi connectivity index (χ2v) is 4.28. The van der Waals surface area contributed by atoms with E-state index in [2.05, 4.69) is 4.74 Å². The summed E-state index contributed by atoms with van der Waals surface area (Å²) in [6.07, 6.45) is 0. The van der Waals surface area contributed by atoms with Crippen molar-refractivity contribution in [2.75, 3.05) is 0 Å². The molecular formula is C8H3F4NaO5S. The number of esters is 1. The van der Waals surface area contributed by atoms with Crippen molar-refractivity contribution in [1.82, 2.24) is 0 Å². The van der Waals surface area contributed by atoms with E-state index in [-0.39, 0.29) is 29.6 Å². The summed E-state index contributed by atoms with van der Waals surface area (Å²) in [5, 5.41) is 0. The number of ether oxygens (including phenoxy) is 1. The maximum absolute atomic E-state index is 13.1. The number of benzene rings is 1. The number of rotatable bonds is 2. The SMILES string of the molecule is CC(=O)Oc1c(F)c(F)c(S(=O)(=O)[O-])c(F)c1F.[Na+]. The average Bonchev–Trinajstić information content (AvgIpc) is 2.19. The van der Waals surface area contributed by atoms with Crippen LogP contribution in [0.1, 0.15) is 6.92 Å². The first kappa shape index (κ1) is 18.3. The monoisotopic (exact) mass is 310 g/mol. The van der Waals surface area contributed by atoms with Crippen LogP contribution in [-0.4, -0.2) is 18.9 Å². The quantitative estimate of drug-likeness (QED) is 0.159. The van der Waals surface area contributed by atoms with Crippen molar-refractivity contribution in [1.29, 1.82) is 0 Å². The van der Waals surface area contributed by atoms with E-state index in [1.807, 2.05) is 0 Å². The van der Waals surface area contributed by atoms with Crippen molar-refractivity contribution in [2.45, 2.75) is 11.8 Å². The van der Waals surface area contributed by atoms with Gasteiger partial charge in [0.25, 0.3) is 0 Å². The molecule has 0 N–H and O–H groups in total. The fourth-order valence-electron chi connectivity index (χ4n) is 1.04. The molecule has 100 valence electrons. The van der Waals surface area contributed by atoms with E-state index in [1.165, 1.54) is 0 Å². The van der Waals surface area contributed by atoms with Crippen LogP contribution in [0.3, 0.4) is 0 Å². The summed E-state index contributed by atoms with van der Waals surface area (Å²) in [6, 6.07) is 0. The molecule has 0 bridgehead atoms. The van der Waals surface area contributed by atoms with Crippen molar-refractivity contribution in [3.8, 4) is 5.75 Å². The number of hydrogen-bond acceptors (Lipinski definition) is 5. The van der Waals surface area contributed by atoms with Gasteiger partial charge in [-0.05, 0) is 0 Å². The third kappa shape index (κ3) is 3.66. The Bertz CT molecular complexity index is 602. The summed E-state index contributed by atoms with van der Waals surface area (Å²) < 4.78 is 87.6. The smallest absolute Gasteiger partial charge is 0.744 e. The van der Waals surface area contributed by atoms with Gasteiger partial charge in [-0.3, -0.25) is 4.79 Å². The van der Waals surface area contributed by atoms with Crippen LogP contribution in [0.2, 0.25) is 0 Å². The first-order valence-corrected chi connectivity index (χ1v) is 5.48. The number of carbonyl (C=O) groups is 1. The Kier molecular flexibility index (Phi) is 5.96. The molecule has 0 unspecified atom stereocenters. The van der Waals surface area contributed by atoms with E-state index in [9.17, 15) is 35.3 Å². The van der Waals surface area contributed by atoms with Crippen LogP contribution in [0.5, 0.6) is 5.75 Å². The van der Waals surface area contributed by atoms with Crippen molar-refractivity contribution in [2.24, 2.45) is 0 Å². The normalized spacial score (nSPS) is 10.8. The molecule has 0 aliphatic rings. The zero-order chi connectivity index (χ0) is 14.2. The van der Waals surface area contributed by atoms with E-state index in [0.29, 0.717) is 6.92 Å². The predicted octanol–water partition coefficient (Wildman–Crippen LogP) is -1.92. The van der Waals surface area contributed by atoms with Gasteiger partial charge >= 0.3 is 35.5 Å². The molecule has 19 heavy (non-hydrogen) atoms. The van der Waals surface area contributed by atoms with Gasteiger partial charge in [-0.15, -0.1) is 0 Å². The molecule has 0 spiro atoms. The van der Waals surface area contributed by atoms with Crippen molar-refractivity contribution < 1.29 is 69.6 Å². The van der Waals surface area contributed by atoms with Crippen LogP contribution < -0.4 is 34.3 Å². The Hall–Kier alpha value is -0.680. The summed E-state index contributed by atoms with van der Waals surface area (Å²) in [4.78, 5) is 8.13. The third-order valence-corrected chi connectivity index (χ3v) is 2.54. The van der Waals surface area contributed by atoms with Gasteiger partial charge < -0.3 is 9.29 Å². The fourth-order valence-corrected chi connectivity index (χ4v) is 1.66. The summed E-state index contributed by atoms with van der Waals surface area (Å²) in [6.45, 7) is 0.687. The molecule has 0 radical (unpaired) electrons. The van der Waals surface area contributed by atoms with Gasteiger partial charge in [0.1, 0.15) is 15.0 Å². The van der Waals surface area contributed by atoms with E-state index >= 15 is 0 Å². The molecule has 0 heterocycles. The molecule has 1 rings (SSSR count). The molecule has 1 aromatic rings. The molecule has 0 saturated carbocycles. The minimum absolute atomic E-state index is 0. The minimum Gasteiger partial charge on any atom is -0.744 e. The second kappa shape index (κ2) is 6.18. The Labute approximate surface area is 126 Å². The number of hydrogen-bond donors (Lipinski definition) is 0. The zero-order valence-electron chi connectivity index (χ0n) is 9.46. The average molecular weight is 310 g/mol. The topological polar surface area (TPSA) is 83.5 Å². The summed E-state index contributed by atoms with van der Waals surface area (Å²) in [5.41, 5.74) is 0. The standard InChI is InChI=1S/C8H4F4O5S.Na/c1-2(13)17-7-3(9)5(11)8(18(14,15)16)6(12)4(7)10;/h1H3,(H,14,15,16);/q;+1/p-1. The van der Waals surface area contributed by atoms with Gasteiger partial charge in [-0.25, -0.2) is 17.2 Å². The molecule has 0 aromatic heterocycles. The van der Waals surface area contributed by atoms with E-state index < -0.39 is 50.0 Å². The largest absolute Gasteiger partial charge is 1.00 e. The molecule has 11 heteroatoms. The molecule has 0 amide bonds. The van der Waals surface area contributed by atoms with Gasteiger partial charge in [-0.2, -0.15) is 8.78 Å². The van der Waals surface area contributed by atoms with Crippen LogP contribution in [-0.2, 0) is 14.9 Å². The molecule has 1 aromatic carbocycles. The first-order valence-electron chi connectivity index (χ1n) is 4.07. The van der Waals surface area contributed by atoms with Crippen molar-refractivity contribution in [3.63, 3.8) is 0 Å². The molecular weight excluding hydrogens is 307 g/mol. The van der Waals surface area contributed by atoms with Gasteiger partial charge in [0.15, 0.2) is 11.6 Å². The summed E-state index contributed by atoms with van der Waals surface area (Å²) in [7, 11) is -5.77. The maximum atomic E-state index is 13.1. The Morgan fingerprint density at radius 1 is 1.05 bits per heavy atom. The maximum Gasteiger partial charge on any atom is 1.00 e. The molecule has 0 aliphatic heterocycles. The van der Waals surface area contributed by atoms with Crippen LogP contribution in [0.25, 0.3) is 0 Å². The summed E-state index contributed by atoms with van der Waals surface area (Å²) in [5.74, 6) is -12.6. The second-order valence-electron chi connectivity index (χ2n) is 2.96. The minimum atomic E-state index is -5.77. The third-order valence-electron chi connectivity index (χ3n) is 1.68. The molecule has 0 saturated heterocycles. The van der Waals surface area contributed by atoms with E-state index in [0.717, 1.165) is 0 Å². The molecule has 0 fully saturated rings. The number of carbonyl (C=O) groups excluding carboxylic acids is 1. The van der Waals surface area contributed by atoms with Crippen LogP contribution in [0.4, 0.5) is 17.6 Å². The van der Waals surface area contributed by atoms with Gasteiger partial charge in [-0.1, -0.05) is 0 Å². The van der Waals surface area contributed by atoms with Crippen LogP contribution >= 0.6 is 0 Å². The Balaban J connectivity index is 0.00000324. The molecule has 0 aliphatic carbocycles. The first-order chi connectivity index (χ1) is 8.07. The Morgan fingerprint density at radius 2 is 1.42 bits per heavy atom. The molecule has 5 nitrogen and oxygen atoms in total. The molecule has 0 atom stereocenters. The zero-order valence-corrected chi connectivity index (χ0v) is 12.3. The predicted molar refractivity (Wildman–Crippen MR) is 45.5 cm³/mol. The van der Waals surface area contributed by atoms with Crippen molar-refractivity contribution in [3.05, 3.63) is 23.3 Å². The van der Waals surface area contributed by atoms with Gasteiger partial charge in [0.05, 0.1) is 0 Å². The van der Waals surface area contributed by atoms with Gasteiger partial charge in [0, 0.05) is 6.92 Å². The van der Waals surface area contributed by atoms with Crippen molar-refractivity contribution >= 4 is 16.1 Å². The Morgan fingerprint density at radius 3 is 1.68 bits per heavy atom. The fraction of sp³-hybridized carbons (Fsp3) is 0.125. The van der Waals surface area contributed by atoms with Gasteiger partial charge in [0.2, 0.25) is 17.4 Å². The van der Waals surface area contributed by atoms with Crippen LogP contribution in [0, 0.1) is 23.3 Å². The van der Waals surface area contributed by atoms with E-state index in [1.54, 1.807) is 0 Å². The van der Waals surface area contributed by atoms with Crippen LogP contribution in [0.15, 0.2) is 4.90 Å². The summed E-state index contributed by atoms with van der Waals surface area (Å²) >= 11 is 0.